The molecule has 0 amide bonds. The Kier molecular flexibility index (Phi) is 5.51. The molecule has 0 aliphatic carbocycles. The molecule has 0 aliphatic heterocycles. The monoisotopic (exact) mass is 291 g/mol. The zero-order chi connectivity index (χ0) is 15.1. The lowest BCUT2D eigenvalue weighted by atomic mass is 10.2. The average Bonchev–Trinajstić information content (AvgIpc) is 2.93. The Morgan fingerprint density at radius 1 is 1.24 bits per heavy atom. The van der Waals surface area contributed by atoms with E-state index in [9.17, 15) is 9.18 Å². The van der Waals surface area contributed by atoms with Crippen LogP contribution in [0.1, 0.15) is 19.1 Å². The first-order chi connectivity index (χ1) is 10.2. The van der Waals surface area contributed by atoms with Gasteiger partial charge in [0.05, 0.1) is 19.6 Å². The van der Waals surface area contributed by atoms with E-state index >= 15 is 0 Å². The number of nitrogens with one attached hydrogen (secondary N) is 1. The van der Waals surface area contributed by atoms with Gasteiger partial charge in [-0.15, -0.1) is 0 Å². The molecule has 0 spiro atoms. The van der Waals surface area contributed by atoms with Crippen molar-refractivity contribution >= 4 is 5.97 Å². The Bertz CT molecular complexity index is 577. The average molecular weight is 291 g/mol. The van der Waals surface area contributed by atoms with Crippen LogP contribution in [0.5, 0.6) is 0 Å². The zero-order valence-electron chi connectivity index (χ0n) is 11.9. The second kappa shape index (κ2) is 7.59. The number of carbonyl (C=O) groups excluding carboxylic acids is 1. The molecule has 0 unspecified atom stereocenters. The van der Waals surface area contributed by atoms with Crippen molar-refractivity contribution in [1.82, 2.24) is 5.32 Å². The summed E-state index contributed by atoms with van der Waals surface area (Å²) in [5.41, 5.74) is 0.828. The molecule has 2 aromatic rings. The van der Waals surface area contributed by atoms with E-state index in [1.54, 1.807) is 19.1 Å². The number of hydrogen-bond donors (Lipinski definition) is 1. The van der Waals surface area contributed by atoms with Crippen LogP contribution >= 0.6 is 0 Å². The van der Waals surface area contributed by atoms with Gasteiger partial charge in [0.2, 0.25) is 0 Å². The Morgan fingerprint density at radius 3 is 2.71 bits per heavy atom. The van der Waals surface area contributed by atoms with Gasteiger partial charge in [0.15, 0.2) is 0 Å². The quantitative estimate of drug-likeness (QED) is 0.629. The van der Waals surface area contributed by atoms with E-state index in [1.165, 1.54) is 12.1 Å². The molecule has 5 heteroatoms. The second-order valence-corrected chi connectivity index (χ2v) is 4.50. The molecule has 112 valence electrons. The van der Waals surface area contributed by atoms with Crippen molar-refractivity contribution in [2.24, 2.45) is 0 Å². The van der Waals surface area contributed by atoms with Gasteiger partial charge in [-0.3, -0.25) is 4.79 Å². The number of rotatable bonds is 7. The van der Waals surface area contributed by atoms with Crippen LogP contribution in [0.2, 0.25) is 0 Å². The summed E-state index contributed by atoms with van der Waals surface area (Å²) in [5, 5.41) is 3.11. The molecule has 0 saturated carbocycles. The van der Waals surface area contributed by atoms with Gasteiger partial charge < -0.3 is 14.5 Å². The highest BCUT2D eigenvalue weighted by atomic mass is 19.1. The maximum atomic E-state index is 12.9. The molecule has 0 saturated heterocycles. The van der Waals surface area contributed by atoms with Crippen molar-refractivity contribution in [3.8, 4) is 11.3 Å². The summed E-state index contributed by atoms with van der Waals surface area (Å²) in [6, 6.07) is 9.84. The molecular weight excluding hydrogens is 273 g/mol. The molecule has 4 nitrogen and oxygen atoms in total. The number of halogens is 1. The maximum Gasteiger partial charge on any atom is 0.307 e. The summed E-state index contributed by atoms with van der Waals surface area (Å²) in [6.45, 7) is 3.25. The molecule has 21 heavy (non-hydrogen) atoms. The molecule has 0 bridgehead atoms. The van der Waals surface area contributed by atoms with Crippen LogP contribution in [-0.2, 0) is 16.1 Å². The highest BCUT2D eigenvalue weighted by Crippen LogP contribution is 2.22. The van der Waals surface area contributed by atoms with Gasteiger partial charge in [-0.25, -0.2) is 4.39 Å². The summed E-state index contributed by atoms with van der Waals surface area (Å²) < 4.78 is 23.4. The molecule has 0 fully saturated rings. The highest BCUT2D eigenvalue weighted by molar-refractivity contribution is 5.69. The maximum absolute atomic E-state index is 12.9. The highest BCUT2D eigenvalue weighted by Gasteiger charge is 2.05. The van der Waals surface area contributed by atoms with Crippen LogP contribution in [0.3, 0.4) is 0 Å². The standard InChI is InChI=1S/C16H18FNO3/c1-2-20-16(19)9-10-18-11-14-7-8-15(21-14)12-3-5-13(17)6-4-12/h3-8,18H,2,9-11H2,1H3. The first-order valence-electron chi connectivity index (χ1n) is 6.90. The first kappa shape index (κ1) is 15.3. The summed E-state index contributed by atoms with van der Waals surface area (Å²) in [5.74, 6) is 0.970. The van der Waals surface area contributed by atoms with Gasteiger partial charge in [0.1, 0.15) is 17.3 Å². The lowest BCUT2D eigenvalue weighted by Gasteiger charge is -2.03. The van der Waals surface area contributed by atoms with Gasteiger partial charge in [-0.05, 0) is 43.3 Å². The number of esters is 1. The Labute approximate surface area is 122 Å². The van der Waals surface area contributed by atoms with Crippen LogP contribution < -0.4 is 5.32 Å². The van der Waals surface area contributed by atoms with Crippen molar-refractivity contribution in [3.63, 3.8) is 0 Å². The Balaban J connectivity index is 1.81. The van der Waals surface area contributed by atoms with E-state index in [0.717, 1.165) is 11.3 Å². The summed E-state index contributed by atoms with van der Waals surface area (Å²) in [4.78, 5) is 11.2. The molecule has 0 atom stereocenters. The lowest BCUT2D eigenvalue weighted by molar-refractivity contribution is -0.142. The van der Waals surface area contributed by atoms with Crippen molar-refractivity contribution in [3.05, 3.63) is 48.0 Å². The van der Waals surface area contributed by atoms with Gasteiger partial charge in [-0.2, -0.15) is 0 Å². The fourth-order valence-corrected chi connectivity index (χ4v) is 1.88. The summed E-state index contributed by atoms with van der Waals surface area (Å²) >= 11 is 0. The van der Waals surface area contributed by atoms with Crippen LogP contribution in [0.15, 0.2) is 40.8 Å². The van der Waals surface area contributed by atoms with E-state index in [2.05, 4.69) is 5.32 Å². The Morgan fingerprint density at radius 2 is 2.00 bits per heavy atom. The number of ether oxygens (including phenoxy) is 1. The van der Waals surface area contributed by atoms with E-state index in [4.69, 9.17) is 9.15 Å². The zero-order valence-corrected chi connectivity index (χ0v) is 11.9. The fraction of sp³-hybridized carbons (Fsp3) is 0.312. The van der Waals surface area contributed by atoms with Crippen LogP contribution in [0, 0.1) is 5.82 Å². The van der Waals surface area contributed by atoms with Crippen molar-refractivity contribution in [2.75, 3.05) is 13.2 Å². The summed E-state index contributed by atoms with van der Waals surface area (Å²) in [6.07, 6.45) is 0.333. The fourth-order valence-electron chi connectivity index (χ4n) is 1.88. The third-order valence-corrected chi connectivity index (χ3v) is 2.90. The molecule has 0 aliphatic rings. The van der Waals surface area contributed by atoms with Gasteiger partial charge in [-0.1, -0.05) is 0 Å². The largest absolute Gasteiger partial charge is 0.466 e. The lowest BCUT2D eigenvalue weighted by Crippen LogP contribution is -2.18. The second-order valence-electron chi connectivity index (χ2n) is 4.50. The molecule has 1 N–H and O–H groups in total. The van der Waals surface area contributed by atoms with E-state index in [-0.39, 0.29) is 11.8 Å². The normalized spacial score (nSPS) is 10.6. The van der Waals surface area contributed by atoms with Gasteiger partial charge >= 0.3 is 5.97 Å². The minimum Gasteiger partial charge on any atom is -0.466 e. The minimum atomic E-state index is -0.272. The van der Waals surface area contributed by atoms with Crippen molar-refractivity contribution in [2.45, 2.75) is 19.9 Å². The van der Waals surface area contributed by atoms with Gasteiger partial charge in [0.25, 0.3) is 0 Å². The SMILES string of the molecule is CCOC(=O)CCNCc1ccc(-c2ccc(F)cc2)o1. The first-order valence-corrected chi connectivity index (χ1v) is 6.90. The Hall–Kier alpha value is -2.14. The third kappa shape index (κ3) is 4.72. The minimum absolute atomic E-state index is 0.212. The third-order valence-electron chi connectivity index (χ3n) is 2.90. The number of hydrogen-bond acceptors (Lipinski definition) is 4. The molecule has 1 aromatic carbocycles. The smallest absolute Gasteiger partial charge is 0.307 e. The topological polar surface area (TPSA) is 51.5 Å². The van der Waals surface area contributed by atoms with Gasteiger partial charge in [0, 0.05) is 12.1 Å². The van der Waals surface area contributed by atoms with Crippen molar-refractivity contribution < 1.29 is 18.3 Å². The van der Waals surface area contributed by atoms with Crippen molar-refractivity contribution in [1.29, 1.82) is 0 Å². The molecule has 0 radical (unpaired) electrons. The summed E-state index contributed by atoms with van der Waals surface area (Å²) in [7, 11) is 0. The predicted molar refractivity (Wildman–Crippen MR) is 77.1 cm³/mol. The molecule has 2 rings (SSSR count). The van der Waals surface area contributed by atoms with Crippen LogP contribution in [0.25, 0.3) is 11.3 Å². The number of carbonyl (C=O) groups is 1. The molecule has 1 aromatic heterocycles. The van der Waals surface area contributed by atoms with Crippen LogP contribution in [0.4, 0.5) is 4.39 Å². The van der Waals surface area contributed by atoms with E-state index in [1.807, 2.05) is 12.1 Å². The number of benzene rings is 1. The predicted octanol–water partition coefficient (Wildman–Crippen LogP) is 3.13. The number of furan rings is 1. The molecule has 1 heterocycles. The van der Waals surface area contributed by atoms with Crippen LogP contribution in [-0.4, -0.2) is 19.1 Å². The molecular formula is C16H18FNO3. The van der Waals surface area contributed by atoms with E-state index < -0.39 is 0 Å². The van der Waals surface area contributed by atoms with E-state index in [0.29, 0.717) is 31.9 Å².